The Labute approximate surface area is 184 Å². The Kier molecular flexibility index (Phi) is 5.22. The van der Waals surface area contributed by atoms with E-state index in [1.54, 1.807) is 6.07 Å². The number of piperidine rings is 1. The molecule has 6 nitrogen and oxygen atoms in total. The number of aromatic amines is 1. The molecule has 0 bridgehead atoms. The van der Waals surface area contributed by atoms with Crippen LogP contribution in [0.1, 0.15) is 52.1 Å². The summed E-state index contributed by atoms with van der Waals surface area (Å²) in [6.07, 6.45) is 6.49. The molecule has 158 valence electrons. The molecule has 2 aromatic rings. The molecule has 0 saturated carbocycles. The van der Waals surface area contributed by atoms with E-state index in [9.17, 15) is 9.59 Å². The van der Waals surface area contributed by atoms with Crippen LogP contribution in [0.3, 0.4) is 0 Å². The first-order valence-electron chi connectivity index (χ1n) is 11.2. The maximum Gasteiger partial charge on any atom is 0.256 e. The van der Waals surface area contributed by atoms with Crippen molar-refractivity contribution in [2.24, 2.45) is 0 Å². The Morgan fingerprint density at radius 2 is 1.90 bits per heavy atom. The molecule has 0 aliphatic carbocycles. The number of nitrogens with one attached hydrogen (secondary N) is 2. The third kappa shape index (κ3) is 3.72. The number of nitrogens with zero attached hydrogens (tertiary/aromatic N) is 2. The van der Waals surface area contributed by atoms with E-state index in [1.165, 1.54) is 19.3 Å². The Morgan fingerprint density at radius 1 is 1.10 bits per heavy atom. The topological polar surface area (TPSA) is 68.4 Å². The fourth-order valence-electron chi connectivity index (χ4n) is 4.96. The molecule has 4 heterocycles. The molecule has 1 aromatic carbocycles. The van der Waals surface area contributed by atoms with Crippen molar-refractivity contribution >= 4 is 42.5 Å². The number of amides is 2. The summed E-state index contributed by atoms with van der Waals surface area (Å²) in [5, 5.41) is 2.88. The minimum atomic E-state index is -0.151. The second-order valence-corrected chi connectivity index (χ2v) is 8.78. The van der Waals surface area contributed by atoms with Crippen LogP contribution in [-0.4, -0.2) is 67.2 Å². The van der Waals surface area contributed by atoms with Crippen molar-refractivity contribution in [3.05, 3.63) is 46.3 Å². The van der Waals surface area contributed by atoms with E-state index in [0.717, 1.165) is 72.9 Å². The van der Waals surface area contributed by atoms with Crippen molar-refractivity contribution in [1.29, 1.82) is 0 Å². The third-order valence-corrected chi connectivity index (χ3v) is 6.75. The quantitative estimate of drug-likeness (QED) is 0.595. The highest BCUT2D eigenvalue weighted by atomic mass is 16.2. The van der Waals surface area contributed by atoms with E-state index >= 15 is 0 Å². The van der Waals surface area contributed by atoms with E-state index in [4.69, 9.17) is 7.85 Å². The smallest absolute Gasteiger partial charge is 0.256 e. The van der Waals surface area contributed by atoms with Gasteiger partial charge in [-0.2, -0.15) is 0 Å². The molecule has 0 spiro atoms. The summed E-state index contributed by atoms with van der Waals surface area (Å²) in [6.45, 7) is 6.69. The third-order valence-electron chi connectivity index (χ3n) is 6.75. The first-order chi connectivity index (χ1) is 15.0. The van der Waals surface area contributed by atoms with Gasteiger partial charge in [0, 0.05) is 48.7 Å². The Hall–Kier alpha value is -2.80. The minimum Gasteiger partial charge on any atom is -0.358 e. The lowest BCUT2D eigenvalue weighted by Crippen LogP contribution is -2.43. The number of anilines is 1. The van der Waals surface area contributed by atoms with Crippen LogP contribution in [0.15, 0.2) is 18.2 Å². The van der Waals surface area contributed by atoms with Crippen molar-refractivity contribution in [3.63, 3.8) is 0 Å². The molecule has 2 radical (unpaired) electrons. The van der Waals surface area contributed by atoms with Crippen LogP contribution in [-0.2, 0) is 11.2 Å². The Bertz CT molecular complexity index is 1080. The predicted octanol–water partition coefficient (Wildman–Crippen LogP) is 2.09. The van der Waals surface area contributed by atoms with Gasteiger partial charge in [-0.15, -0.1) is 0 Å². The second-order valence-electron chi connectivity index (χ2n) is 8.78. The van der Waals surface area contributed by atoms with Crippen LogP contribution < -0.4 is 10.8 Å². The first kappa shape index (κ1) is 20.1. The van der Waals surface area contributed by atoms with Crippen molar-refractivity contribution in [2.75, 3.05) is 38.0 Å². The Morgan fingerprint density at radius 3 is 2.71 bits per heavy atom. The molecular weight excluding hydrogens is 387 g/mol. The van der Waals surface area contributed by atoms with Crippen LogP contribution in [0.5, 0.6) is 0 Å². The molecule has 3 aliphatic heterocycles. The fraction of sp³-hybridized carbons (Fsp3) is 0.417. The summed E-state index contributed by atoms with van der Waals surface area (Å²) in [7, 11) is 5.93. The molecule has 0 atom stereocenters. The number of benzene rings is 1. The molecule has 2 amide bonds. The number of aromatic nitrogens is 1. The van der Waals surface area contributed by atoms with Gasteiger partial charge in [0.1, 0.15) is 7.85 Å². The summed E-state index contributed by atoms with van der Waals surface area (Å²) in [5.74, 6) is -0.0563. The number of carbonyl (C=O) groups excluding carboxylic acids is 2. The zero-order valence-electron chi connectivity index (χ0n) is 18.0. The SMILES string of the molecule is [B]c1ccc2c(c1)/C(=C/c1[nH]c3c(c1C)C(=O)N(CCN1CCCCC1)CC3)C(=O)N2. The van der Waals surface area contributed by atoms with Gasteiger partial charge in [0.05, 0.1) is 11.1 Å². The van der Waals surface area contributed by atoms with Gasteiger partial charge in [0.2, 0.25) is 0 Å². The van der Waals surface area contributed by atoms with Crippen LogP contribution in [0.2, 0.25) is 0 Å². The summed E-state index contributed by atoms with van der Waals surface area (Å²) in [4.78, 5) is 33.6. The van der Waals surface area contributed by atoms with Crippen LogP contribution in [0, 0.1) is 6.92 Å². The van der Waals surface area contributed by atoms with Gasteiger partial charge in [0.25, 0.3) is 11.8 Å². The second kappa shape index (κ2) is 8.04. The highest BCUT2D eigenvalue weighted by molar-refractivity contribution is 6.37. The normalized spacial score (nSPS) is 20.2. The standard InChI is InChI=1S/C24H27BN4O2/c1-15-21(14-18-17-13-16(25)5-6-19(17)27-23(18)30)26-20-7-10-29(24(31)22(15)20)12-11-28-8-3-2-4-9-28/h5-6,13-14,26H,2-4,7-12H2,1H3,(H,27,30)/b18-14-. The lowest BCUT2D eigenvalue weighted by atomic mass is 9.92. The Balaban J connectivity index is 1.39. The number of fused-ring (bicyclic) bond motifs is 2. The van der Waals surface area contributed by atoms with Gasteiger partial charge < -0.3 is 20.1 Å². The molecule has 3 aliphatic rings. The molecule has 1 fully saturated rings. The van der Waals surface area contributed by atoms with Crippen molar-refractivity contribution in [2.45, 2.75) is 32.6 Å². The van der Waals surface area contributed by atoms with Gasteiger partial charge in [-0.1, -0.05) is 24.0 Å². The summed E-state index contributed by atoms with van der Waals surface area (Å²) in [5.41, 5.74) is 6.20. The zero-order valence-corrected chi connectivity index (χ0v) is 18.0. The molecular formula is C24H27BN4O2. The molecule has 1 aromatic heterocycles. The molecule has 5 rings (SSSR count). The van der Waals surface area contributed by atoms with Gasteiger partial charge in [0.15, 0.2) is 0 Å². The van der Waals surface area contributed by atoms with Gasteiger partial charge in [-0.3, -0.25) is 9.59 Å². The summed E-state index contributed by atoms with van der Waals surface area (Å²) in [6, 6.07) is 5.41. The van der Waals surface area contributed by atoms with Crippen LogP contribution in [0.25, 0.3) is 11.6 Å². The number of hydrogen-bond acceptors (Lipinski definition) is 3. The largest absolute Gasteiger partial charge is 0.358 e. The summed E-state index contributed by atoms with van der Waals surface area (Å²) < 4.78 is 0. The molecule has 7 heteroatoms. The van der Waals surface area contributed by atoms with Gasteiger partial charge >= 0.3 is 0 Å². The first-order valence-corrected chi connectivity index (χ1v) is 11.2. The molecule has 2 N–H and O–H groups in total. The molecule has 31 heavy (non-hydrogen) atoms. The van der Waals surface area contributed by atoms with E-state index in [2.05, 4.69) is 15.2 Å². The maximum atomic E-state index is 13.2. The lowest BCUT2D eigenvalue weighted by molar-refractivity contribution is -0.110. The summed E-state index contributed by atoms with van der Waals surface area (Å²) >= 11 is 0. The average molecular weight is 414 g/mol. The molecule has 0 unspecified atom stereocenters. The van der Waals surface area contributed by atoms with Crippen LogP contribution in [0.4, 0.5) is 5.69 Å². The highest BCUT2D eigenvalue weighted by Gasteiger charge is 2.30. The number of likely N-dealkylation sites (tertiary alicyclic amines) is 1. The monoisotopic (exact) mass is 414 g/mol. The van der Waals surface area contributed by atoms with E-state index in [0.29, 0.717) is 11.0 Å². The zero-order chi connectivity index (χ0) is 21.5. The lowest BCUT2D eigenvalue weighted by Gasteiger charge is -2.32. The van der Waals surface area contributed by atoms with E-state index < -0.39 is 0 Å². The number of rotatable bonds is 4. The van der Waals surface area contributed by atoms with Crippen molar-refractivity contribution < 1.29 is 9.59 Å². The van der Waals surface area contributed by atoms with E-state index in [1.807, 2.05) is 30.0 Å². The number of carbonyl (C=O) groups is 2. The van der Waals surface area contributed by atoms with E-state index in [-0.39, 0.29) is 11.8 Å². The maximum absolute atomic E-state index is 13.2. The van der Waals surface area contributed by atoms with Crippen molar-refractivity contribution in [1.82, 2.24) is 14.8 Å². The average Bonchev–Trinajstić information content (AvgIpc) is 3.25. The number of hydrogen-bond donors (Lipinski definition) is 2. The van der Waals surface area contributed by atoms with Gasteiger partial charge in [-0.25, -0.2) is 0 Å². The highest BCUT2D eigenvalue weighted by Crippen LogP contribution is 2.34. The molecule has 1 saturated heterocycles. The fourth-order valence-corrected chi connectivity index (χ4v) is 4.96. The minimum absolute atomic E-state index is 0.0946. The van der Waals surface area contributed by atoms with Crippen LogP contribution >= 0.6 is 0 Å². The van der Waals surface area contributed by atoms with Crippen molar-refractivity contribution in [3.8, 4) is 0 Å². The number of H-pyrrole nitrogens is 1. The predicted molar refractivity (Wildman–Crippen MR) is 124 cm³/mol. The van der Waals surface area contributed by atoms with Gasteiger partial charge in [-0.05, 0) is 50.6 Å².